The second kappa shape index (κ2) is 11.8. The molecular weight excluding hydrogens is 588 g/mol. The molecule has 0 radical (unpaired) electrons. The number of anilines is 1. The quantitative estimate of drug-likeness (QED) is 0.222. The summed E-state index contributed by atoms with van der Waals surface area (Å²) in [5.41, 5.74) is 0.676. The summed E-state index contributed by atoms with van der Waals surface area (Å²) in [7, 11) is 4.38. The Kier molecular flexibility index (Phi) is 7.75. The molecule has 45 heavy (non-hydrogen) atoms. The first-order chi connectivity index (χ1) is 21.7. The molecule has 13 heteroatoms. The van der Waals surface area contributed by atoms with Crippen LogP contribution in [0.25, 0.3) is 16.7 Å². The molecule has 0 saturated heterocycles. The third-order valence-corrected chi connectivity index (χ3v) is 7.31. The molecule has 0 bridgehead atoms. The normalized spacial score (nSPS) is 12.6. The van der Waals surface area contributed by atoms with Crippen LogP contribution in [0.4, 0.5) is 14.5 Å². The van der Waals surface area contributed by atoms with Crippen molar-refractivity contribution in [2.24, 2.45) is 0 Å². The summed E-state index contributed by atoms with van der Waals surface area (Å²) < 4.78 is 53.2. The molecule has 1 aliphatic rings. The molecule has 0 spiro atoms. The van der Waals surface area contributed by atoms with Crippen molar-refractivity contribution >= 4 is 22.6 Å². The van der Waals surface area contributed by atoms with E-state index in [-0.39, 0.29) is 34.3 Å². The number of aryl methyl sites for hydroxylation is 1. The highest BCUT2D eigenvalue weighted by Crippen LogP contribution is 2.40. The number of amides is 1. The van der Waals surface area contributed by atoms with Gasteiger partial charge in [-0.2, -0.15) is 0 Å². The molecule has 11 nitrogen and oxygen atoms in total. The van der Waals surface area contributed by atoms with Crippen LogP contribution in [0.1, 0.15) is 40.5 Å². The summed E-state index contributed by atoms with van der Waals surface area (Å²) in [5.74, 6) is -2.14. The van der Waals surface area contributed by atoms with Crippen LogP contribution in [0.15, 0.2) is 59.7 Å². The minimum atomic E-state index is -1.11. The third-order valence-electron chi connectivity index (χ3n) is 7.31. The van der Waals surface area contributed by atoms with Crippen molar-refractivity contribution < 1.29 is 32.5 Å². The zero-order valence-electron chi connectivity index (χ0n) is 24.7. The van der Waals surface area contributed by atoms with Gasteiger partial charge in [-0.05, 0) is 43.5 Å². The number of fused-ring (bicyclic) bond motifs is 1. The third kappa shape index (κ3) is 5.59. The van der Waals surface area contributed by atoms with Gasteiger partial charge in [0.05, 0.1) is 32.5 Å². The molecule has 6 rings (SSSR count). The Balaban J connectivity index is 1.30. The van der Waals surface area contributed by atoms with Crippen molar-refractivity contribution in [3.8, 4) is 34.6 Å². The van der Waals surface area contributed by atoms with E-state index in [0.29, 0.717) is 28.5 Å². The molecule has 1 N–H and O–H groups in total. The Morgan fingerprint density at radius 3 is 2.36 bits per heavy atom. The molecule has 230 valence electrons. The van der Waals surface area contributed by atoms with Gasteiger partial charge in [0.15, 0.2) is 28.9 Å². The van der Waals surface area contributed by atoms with Crippen LogP contribution in [-0.2, 0) is 0 Å². The zero-order valence-corrected chi connectivity index (χ0v) is 24.7. The summed E-state index contributed by atoms with van der Waals surface area (Å²) in [4.78, 5) is 39.9. The van der Waals surface area contributed by atoms with E-state index in [4.69, 9.17) is 18.9 Å². The van der Waals surface area contributed by atoms with Crippen LogP contribution in [-0.4, -0.2) is 46.8 Å². The maximum Gasteiger partial charge on any atom is 0.270 e. The van der Waals surface area contributed by atoms with Crippen molar-refractivity contribution in [1.29, 1.82) is 0 Å². The number of carbonyl (C=O) groups is 1. The van der Waals surface area contributed by atoms with E-state index < -0.39 is 28.9 Å². The van der Waals surface area contributed by atoms with Gasteiger partial charge in [-0.3, -0.25) is 19.1 Å². The highest BCUT2D eigenvalue weighted by atomic mass is 19.1. The van der Waals surface area contributed by atoms with Crippen molar-refractivity contribution in [3.63, 3.8) is 0 Å². The second-order valence-corrected chi connectivity index (χ2v) is 10.3. The number of carbonyl (C=O) groups excluding carboxylic acids is 1. The zero-order chi connectivity index (χ0) is 31.8. The lowest BCUT2D eigenvalue weighted by atomic mass is 10.1. The topological polar surface area (TPSA) is 127 Å². The summed E-state index contributed by atoms with van der Waals surface area (Å²) >= 11 is 0. The molecule has 2 aromatic carbocycles. The van der Waals surface area contributed by atoms with E-state index in [1.54, 1.807) is 31.4 Å². The average Bonchev–Trinajstić information content (AvgIpc) is 3.88. The SMILES string of the molecule is COc1ccc(-n2c(C3CC3)ncc(C(=O)Nc3cc(F)c(Oc4ccnc5cc(OC)c(OC)nc45)c(F)c3)c2=O)c(C)c1. The molecule has 1 amide bonds. The van der Waals surface area contributed by atoms with Crippen LogP contribution < -0.4 is 29.8 Å². The van der Waals surface area contributed by atoms with Gasteiger partial charge in [0.2, 0.25) is 0 Å². The van der Waals surface area contributed by atoms with E-state index >= 15 is 8.78 Å². The van der Waals surface area contributed by atoms with Crippen LogP contribution in [0.3, 0.4) is 0 Å². The Morgan fingerprint density at radius 1 is 0.956 bits per heavy atom. The van der Waals surface area contributed by atoms with E-state index in [0.717, 1.165) is 30.5 Å². The fraction of sp³-hybridized carbons (Fsp3) is 0.219. The van der Waals surface area contributed by atoms with Crippen LogP contribution in [0, 0.1) is 18.6 Å². The molecule has 3 aromatic heterocycles. The predicted molar refractivity (Wildman–Crippen MR) is 160 cm³/mol. The number of hydrogen-bond acceptors (Lipinski definition) is 9. The average molecular weight is 616 g/mol. The first-order valence-corrected chi connectivity index (χ1v) is 13.8. The smallest absolute Gasteiger partial charge is 0.270 e. The molecule has 5 aromatic rings. The Labute approximate surface area is 255 Å². The first-order valence-electron chi connectivity index (χ1n) is 13.8. The second-order valence-electron chi connectivity index (χ2n) is 10.3. The number of nitrogens with one attached hydrogen (secondary N) is 1. The summed E-state index contributed by atoms with van der Waals surface area (Å²) in [5, 5.41) is 2.40. The lowest BCUT2D eigenvalue weighted by Gasteiger charge is -2.16. The van der Waals surface area contributed by atoms with Gasteiger partial charge < -0.3 is 24.3 Å². The number of nitrogens with zero attached hydrogens (tertiary/aromatic N) is 4. The standard InChI is InChI=1S/C32H27F2N5O6/c1-16-11-19(42-2)7-8-24(16)39-29(17-5-6-17)36-15-20(32(39)41)30(40)37-18-12-21(33)28(22(34)13-18)45-25-9-10-35-23-14-26(43-3)31(44-4)38-27(23)25/h7-15,17H,5-6H2,1-4H3,(H,37,40). The predicted octanol–water partition coefficient (Wildman–Crippen LogP) is 5.71. The van der Waals surface area contributed by atoms with Gasteiger partial charge in [-0.25, -0.2) is 18.7 Å². The number of pyridine rings is 2. The van der Waals surface area contributed by atoms with Gasteiger partial charge in [0.1, 0.15) is 22.7 Å². The molecule has 3 heterocycles. The number of halogens is 2. The lowest BCUT2D eigenvalue weighted by molar-refractivity contribution is 0.102. The van der Waals surface area contributed by atoms with Crippen LogP contribution in [0.5, 0.6) is 28.9 Å². The van der Waals surface area contributed by atoms with Crippen molar-refractivity contribution in [2.45, 2.75) is 25.7 Å². The molecular formula is C32H27F2N5O6. The Bertz CT molecular complexity index is 2010. The fourth-order valence-corrected chi connectivity index (χ4v) is 4.92. The van der Waals surface area contributed by atoms with Gasteiger partial charge in [-0.15, -0.1) is 0 Å². The van der Waals surface area contributed by atoms with Gasteiger partial charge in [-0.1, -0.05) is 0 Å². The maximum atomic E-state index is 15.2. The highest BCUT2D eigenvalue weighted by molar-refractivity contribution is 6.04. The largest absolute Gasteiger partial charge is 0.497 e. The Morgan fingerprint density at radius 2 is 1.71 bits per heavy atom. The van der Waals surface area contributed by atoms with Crippen LogP contribution in [0.2, 0.25) is 0 Å². The van der Waals surface area contributed by atoms with E-state index in [1.807, 2.05) is 6.92 Å². The minimum Gasteiger partial charge on any atom is -0.497 e. The summed E-state index contributed by atoms with van der Waals surface area (Å²) in [6.45, 7) is 1.82. The van der Waals surface area contributed by atoms with E-state index in [9.17, 15) is 9.59 Å². The fourth-order valence-electron chi connectivity index (χ4n) is 4.92. The van der Waals surface area contributed by atoms with Crippen molar-refractivity contribution in [2.75, 3.05) is 26.6 Å². The lowest BCUT2D eigenvalue weighted by Crippen LogP contribution is -2.31. The van der Waals surface area contributed by atoms with E-state index in [2.05, 4.69) is 20.3 Å². The van der Waals surface area contributed by atoms with Gasteiger partial charge in [0.25, 0.3) is 17.3 Å². The minimum absolute atomic E-state index is 0.00624. The number of rotatable bonds is 9. The molecule has 0 unspecified atom stereocenters. The maximum absolute atomic E-state index is 15.2. The first kappa shape index (κ1) is 29.5. The van der Waals surface area contributed by atoms with Crippen molar-refractivity contribution in [1.82, 2.24) is 19.5 Å². The molecule has 1 saturated carbocycles. The summed E-state index contributed by atoms with van der Waals surface area (Å²) in [6, 6.07) is 9.93. The number of ether oxygens (including phenoxy) is 4. The van der Waals surface area contributed by atoms with Crippen molar-refractivity contribution in [3.05, 3.63) is 93.8 Å². The monoisotopic (exact) mass is 615 g/mol. The number of aromatic nitrogens is 4. The van der Waals surface area contributed by atoms with Gasteiger partial charge >= 0.3 is 0 Å². The number of benzene rings is 2. The number of methoxy groups -OCH3 is 3. The van der Waals surface area contributed by atoms with E-state index in [1.165, 1.54) is 37.2 Å². The molecule has 1 aliphatic carbocycles. The number of hydrogen-bond donors (Lipinski definition) is 1. The Hall–Kier alpha value is -5.59. The van der Waals surface area contributed by atoms with Crippen LogP contribution >= 0.6 is 0 Å². The van der Waals surface area contributed by atoms with Gasteiger partial charge in [0, 0.05) is 48.3 Å². The molecule has 1 fully saturated rings. The highest BCUT2D eigenvalue weighted by Gasteiger charge is 2.31. The summed E-state index contributed by atoms with van der Waals surface area (Å²) in [6.07, 6.45) is 4.31. The molecule has 0 atom stereocenters. The molecule has 0 aliphatic heterocycles.